The Hall–Kier alpha value is -0.520. The van der Waals surface area contributed by atoms with E-state index in [9.17, 15) is 0 Å². The lowest BCUT2D eigenvalue weighted by Crippen LogP contribution is -2.08. The molecule has 0 aromatic heterocycles. The molecule has 10 heavy (non-hydrogen) atoms. The van der Waals surface area contributed by atoms with E-state index in [4.69, 9.17) is 10.2 Å². The molecule has 0 radical (unpaired) electrons. The molecule has 0 aromatic carbocycles. The number of rotatable bonds is 3. The molecule has 0 aromatic rings. The molecule has 0 heterocycles. The van der Waals surface area contributed by atoms with Crippen LogP contribution in [0.4, 0.5) is 0 Å². The second-order valence-corrected chi connectivity index (χ2v) is 2.34. The molecule has 0 bridgehead atoms. The Bertz CT molecular complexity index is 130. The van der Waals surface area contributed by atoms with Gasteiger partial charge in [-0.15, -0.1) is 5.92 Å². The minimum absolute atomic E-state index is 0.340. The first-order valence-electron chi connectivity index (χ1n) is 3.45. The van der Waals surface area contributed by atoms with Gasteiger partial charge in [-0.25, -0.2) is 0 Å². The highest BCUT2D eigenvalue weighted by Crippen LogP contribution is 1.99. The highest BCUT2D eigenvalue weighted by Gasteiger charge is 2.01. The van der Waals surface area contributed by atoms with Crippen molar-refractivity contribution in [1.29, 1.82) is 0 Å². The summed E-state index contributed by atoms with van der Waals surface area (Å²) >= 11 is 0. The van der Waals surface area contributed by atoms with Gasteiger partial charge >= 0.3 is 0 Å². The van der Waals surface area contributed by atoms with Gasteiger partial charge in [-0.3, -0.25) is 0 Å². The minimum Gasteiger partial charge on any atom is -0.393 e. The lowest BCUT2D eigenvalue weighted by Gasteiger charge is -2.04. The lowest BCUT2D eigenvalue weighted by molar-refractivity contribution is 0.149. The molecular formula is C8H14O2. The first kappa shape index (κ1) is 9.48. The molecule has 0 aliphatic rings. The van der Waals surface area contributed by atoms with E-state index >= 15 is 0 Å². The number of aliphatic hydroxyl groups is 2. The second kappa shape index (κ2) is 5.28. The number of aliphatic hydroxyl groups excluding tert-OH is 2. The molecule has 2 unspecified atom stereocenters. The summed E-state index contributed by atoms with van der Waals surface area (Å²) in [5, 5.41) is 17.8. The van der Waals surface area contributed by atoms with E-state index in [2.05, 4.69) is 11.8 Å². The molecule has 2 N–H and O–H groups in total. The largest absolute Gasteiger partial charge is 0.393 e. The van der Waals surface area contributed by atoms with Crippen LogP contribution in [0.3, 0.4) is 0 Å². The van der Waals surface area contributed by atoms with Crippen molar-refractivity contribution in [3.63, 3.8) is 0 Å². The van der Waals surface area contributed by atoms with E-state index in [-0.39, 0.29) is 6.10 Å². The van der Waals surface area contributed by atoms with Crippen LogP contribution in [0, 0.1) is 11.8 Å². The van der Waals surface area contributed by atoms with Gasteiger partial charge in [0.25, 0.3) is 0 Å². The van der Waals surface area contributed by atoms with E-state index < -0.39 is 6.10 Å². The molecule has 58 valence electrons. The normalized spacial score (nSPS) is 15.2. The number of hydrogen-bond donors (Lipinski definition) is 2. The van der Waals surface area contributed by atoms with Crippen molar-refractivity contribution in [3.05, 3.63) is 0 Å². The molecule has 0 aliphatic heterocycles. The lowest BCUT2D eigenvalue weighted by atomic mass is 10.1. The molecule has 0 aliphatic carbocycles. The first-order valence-corrected chi connectivity index (χ1v) is 3.45. The smallest absolute Gasteiger partial charge is 0.114 e. The Labute approximate surface area is 61.9 Å². The fourth-order valence-corrected chi connectivity index (χ4v) is 0.638. The van der Waals surface area contributed by atoms with Gasteiger partial charge in [0.1, 0.15) is 6.10 Å². The summed E-state index contributed by atoms with van der Waals surface area (Å²) in [6, 6.07) is 0. The third kappa shape index (κ3) is 5.61. The zero-order valence-corrected chi connectivity index (χ0v) is 6.46. The van der Waals surface area contributed by atoms with Gasteiger partial charge in [0, 0.05) is 0 Å². The maximum atomic E-state index is 9.01. The van der Waals surface area contributed by atoms with Gasteiger partial charge < -0.3 is 10.2 Å². The summed E-state index contributed by atoms with van der Waals surface area (Å²) in [5.74, 6) is 5.20. The molecule has 0 spiro atoms. The molecule has 0 saturated heterocycles. The molecule has 2 nitrogen and oxygen atoms in total. The Kier molecular flexibility index (Phi) is 5.00. The van der Waals surface area contributed by atoms with E-state index in [0.29, 0.717) is 12.8 Å². The molecule has 2 heteroatoms. The van der Waals surface area contributed by atoms with Crippen LogP contribution in [0.15, 0.2) is 0 Å². The zero-order chi connectivity index (χ0) is 7.98. The maximum Gasteiger partial charge on any atom is 0.114 e. The topological polar surface area (TPSA) is 40.5 Å². The van der Waals surface area contributed by atoms with E-state index in [0.717, 1.165) is 0 Å². The van der Waals surface area contributed by atoms with E-state index in [1.807, 2.05) is 0 Å². The van der Waals surface area contributed by atoms with Crippen molar-refractivity contribution >= 4 is 0 Å². The van der Waals surface area contributed by atoms with Crippen LogP contribution in [0.25, 0.3) is 0 Å². The molecule has 0 amide bonds. The predicted molar refractivity (Wildman–Crippen MR) is 40.4 cm³/mol. The Morgan fingerprint density at radius 1 is 1.30 bits per heavy atom. The van der Waals surface area contributed by atoms with Crippen molar-refractivity contribution in [3.8, 4) is 11.8 Å². The van der Waals surface area contributed by atoms with Crippen molar-refractivity contribution in [2.75, 3.05) is 0 Å². The van der Waals surface area contributed by atoms with Crippen LogP contribution in [0.2, 0.25) is 0 Å². The zero-order valence-electron chi connectivity index (χ0n) is 6.46. The summed E-state index contributed by atoms with van der Waals surface area (Å²) in [6.45, 7) is 3.39. The van der Waals surface area contributed by atoms with Crippen molar-refractivity contribution < 1.29 is 10.2 Å². The summed E-state index contributed by atoms with van der Waals surface area (Å²) in [4.78, 5) is 0. The van der Waals surface area contributed by atoms with Crippen molar-refractivity contribution in [2.24, 2.45) is 0 Å². The van der Waals surface area contributed by atoms with Crippen LogP contribution in [-0.4, -0.2) is 22.4 Å². The quantitative estimate of drug-likeness (QED) is 0.564. The second-order valence-electron chi connectivity index (χ2n) is 2.34. The van der Waals surface area contributed by atoms with Gasteiger partial charge in [-0.1, -0.05) is 5.92 Å². The van der Waals surface area contributed by atoms with Crippen LogP contribution in [-0.2, 0) is 0 Å². The Morgan fingerprint density at radius 3 is 2.30 bits per heavy atom. The minimum atomic E-state index is -0.570. The van der Waals surface area contributed by atoms with Gasteiger partial charge in [0.2, 0.25) is 0 Å². The van der Waals surface area contributed by atoms with Crippen molar-refractivity contribution in [2.45, 2.75) is 38.9 Å². The predicted octanol–water partition coefficient (Wildman–Crippen LogP) is 0.532. The van der Waals surface area contributed by atoms with Crippen LogP contribution in [0.1, 0.15) is 26.7 Å². The molecule has 2 atom stereocenters. The maximum absolute atomic E-state index is 9.01. The highest BCUT2D eigenvalue weighted by atomic mass is 16.3. The first-order chi connectivity index (χ1) is 4.66. The third-order valence-corrected chi connectivity index (χ3v) is 1.17. The summed E-state index contributed by atoms with van der Waals surface area (Å²) in [7, 11) is 0. The van der Waals surface area contributed by atoms with E-state index in [1.165, 1.54) is 0 Å². The van der Waals surface area contributed by atoms with Crippen molar-refractivity contribution in [1.82, 2.24) is 0 Å². The molecule has 0 rings (SSSR count). The SMILES string of the molecule is CC#CC(O)CCC(C)O. The van der Waals surface area contributed by atoms with Crippen LogP contribution < -0.4 is 0 Å². The number of hydrogen-bond acceptors (Lipinski definition) is 2. The summed E-state index contributed by atoms with van der Waals surface area (Å²) < 4.78 is 0. The Balaban J connectivity index is 3.36. The molecular weight excluding hydrogens is 128 g/mol. The molecule has 0 fully saturated rings. The average molecular weight is 142 g/mol. The third-order valence-electron chi connectivity index (χ3n) is 1.17. The molecule has 0 saturated carbocycles. The van der Waals surface area contributed by atoms with Gasteiger partial charge in [-0.05, 0) is 26.7 Å². The standard InChI is InChI=1S/C8H14O2/c1-3-4-8(10)6-5-7(2)9/h7-10H,5-6H2,1-2H3. The highest BCUT2D eigenvalue weighted by molar-refractivity contribution is 5.01. The monoisotopic (exact) mass is 142 g/mol. The van der Waals surface area contributed by atoms with E-state index in [1.54, 1.807) is 13.8 Å². The fraction of sp³-hybridized carbons (Fsp3) is 0.750. The van der Waals surface area contributed by atoms with Gasteiger partial charge in [0.05, 0.1) is 6.10 Å². The van der Waals surface area contributed by atoms with Crippen LogP contribution >= 0.6 is 0 Å². The summed E-state index contributed by atoms with van der Waals surface area (Å²) in [5.41, 5.74) is 0. The van der Waals surface area contributed by atoms with Gasteiger partial charge in [-0.2, -0.15) is 0 Å². The average Bonchev–Trinajstić information content (AvgIpc) is 1.85. The Morgan fingerprint density at radius 2 is 1.90 bits per heavy atom. The van der Waals surface area contributed by atoms with Crippen LogP contribution in [0.5, 0.6) is 0 Å². The van der Waals surface area contributed by atoms with Gasteiger partial charge in [0.15, 0.2) is 0 Å². The summed E-state index contributed by atoms with van der Waals surface area (Å²) in [6.07, 6.45) is 0.252. The fourth-order valence-electron chi connectivity index (χ4n) is 0.638.